The molecule has 3 saturated heterocycles. The molecule has 5 N–H and O–H groups in total. The van der Waals surface area contributed by atoms with Crippen molar-refractivity contribution < 1.29 is 58.7 Å². The maximum atomic E-state index is 14.5. The Labute approximate surface area is 418 Å². The lowest BCUT2D eigenvalue weighted by atomic mass is 9.77. The monoisotopic (exact) mass is 1010 g/mol. The summed E-state index contributed by atoms with van der Waals surface area (Å²) in [7, 11) is 5.31. The first-order valence-electron chi connectivity index (χ1n) is 25.2. The number of cyclic esters (lactones) is 1. The Morgan fingerprint density at radius 2 is 1.70 bits per heavy atom. The van der Waals surface area contributed by atoms with E-state index < -0.39 is 102 Å². The van der Waals surface area contributed by atoms with Crippen molar-refractivity contribution in [1.29, 1.82) is 0 Å². The highest BCUT2D eigenvalue weighted by Gasteiger charge is 2.53. The molecular weight excluding hydrogens is 923 g/mol. The van der Waals surface area contributed by atoms with E-state index >= 15 is 0 Å². The van der Waals surface area contributed by atoms with Crippen LogP contribution < -0.4 is 0 Å². The Balaban J connectivity index is 1.23. The van der Waals surface area contributed by atoms with Gasteiger partial charge in [-0.1, -0.05) is 48.2 Å². The molecule has 4 aliphatic rings. The Kier molecular flexibility index (Phi) is 19.0. The second-order valence-corrected chi connectivity index (χ2v) is 22.2. The van der Waals surface area contributed by atoms with Gasteiger partial charge in [-0.2, -0.15) is 0 Å². The summed E-state index contributed by atoms with van der Waals surface area (Å²) in [6, 6.07) is -0.964. The minimum absolute atomic E-state index is 0.108. The van der Waals surface area contributed by atoms with Crippen molar-refractivity contribution in [3.05, 3.63) is 40.7 Å². The third-order valence-corrected chi connectivity index (χ3v) is 16.2. The third kappa shape index (κ3) is 13.1. The average molecular weight is 1010 g/mol. The van der Waals surface area contributed by atoms with E-state index in [-0.39, 0.29) is 31.3 Å². The van der Waals surface area contributed by atoms with E-state index in [1.54, 1.807) is 41.5 Å². The summed E-state index contributed by atoms with van der Waals surface area (Å²) in [5.74, 6) is -2.74. The lowest BCUT2D eigenvalue weighted by Gasteiger charge is -2.49. The number of carbonyl (C=O) groups excluding carboxylic acids is 1. The second-order valence-electron chi connectivity index (χ2n) is 21.6. The summed E-state index contributed by atoms with van der Waals surface area (Å²) in [4.78, 5) is 18.5. The number of likely N-dealkylation sites (N-methyl/N-ethyl adjacent to an activating group) is 2. The second kappa shape index (κ2) is 23.6. The quantitative estimate of drug-likeness (QED) is 0.170. The molecule has 0 radical (unpaired) electrons. The Morgan fingerprint density at radius 1 is 0.971 bits per heavy atom. The van der Waals surface area contributed by atoms with E-state index in [9.17, 15) is 30.3 Å². The number of nitrogens with zero attached hydrogens (tertiary/aromatic N) is 7. The number of hydrogen-bond acceptors (Lipinski definition) is 19. The number of hydrogen-bond donors (Lipinski definition) is 5. The first kappa shape index (κ1) is 56.5. The van der Waals surface area contributed by atoms with Gasteiger partial charge in [0, 0.05) is 69.2 Å². The van der Waals surface area contributed by atoms with E-state index in [0.29, 0.717) is 32.5 Å². The lowest BCUT2D eigenvalue weighted by Crippen LogP contribution is -2.61. The van der Waals surface area contributed by atoms with Gasteiger partial charge in [0.05, 0.1) is 47.2 Å². The zero-order valence-corrected chi connectivity index (χ0v) is 44.5. The Morgan fingerprint density at radius 3 is 2.37 bits per heavy atom. The van der Waals surface area contributed by atoms with Crippen LogP contribution in [0.25, 0.3) is 5.57 Å². The molecule has 0 spiro atoms. The molecule has 3 fully saturated rings. The molecule has 20 heteroatoms. The van der Waals surface area contributed by atoms with Crippen LogP contribution in [0.15, 0.2) is 29.3 Å². The van der Waals surface area contributed by atoms with Gasteiger partial charge in [-0.15, -0.1) is 10.2 Å². The zero-order chi connectivity index (χ0) is 51.5. The molecule has 0 bridgehead atoms. The third-order valence-electron chi connectivity index (χ3n) is 15.7. The fourth-order valence-corrected chi connectivity index (χ4v) is 11.7. The van der Waals surface area contributed by atoms with Crippen molar-refractivity contribution in [3.63, 3.8) is 0 Å². The number of methoxy groups -OCH3 is 1. The molecule has 5 heterocycles. The molecule has 70 heavy (non-hydrogen) atoms. The molecule has 2 aromatic rings. The van der Waals surface area contributed by atoms with Gasteiger partial charge in [0.1, 0.15) is 35.7 Å². The number of rotatable bonds is 14. The molecule has 0 aromatic carbocycles. The van der Waals surface area contributed by atoms with Gasteiger partial charge in [-0.3, -0.25) is 9.48 Å². The molecule has 19 nitrogen and oxygen atoms in total. The fourth-order valence-electron chi connectivity index (χ4n) is 11.2. The van der Waals surface area contributed by atoms with E-state index in [1.165, 1.54) is 36.7 Å². The number of carbonyl (C=O) groups is 1. The molecule has 2 aromatic heterocycles. The average Bonchev–Trinajstić information content (AvgIpc) is 4.12. The SMILES string of the molecule is CC[C@H]1OC(=O)[C@H](C)[C@@H](O[C@H]2C[C@@](C)(OC)[C@@H](O)[C@H](C)O2)[C@H](C)[C@@H](O[C@@H]2O[C@H](C)C[C@H](N(C)CCc3cn(CCC4=CC=C(c5csnn5)C4)nn3)[C@H]2O)[C@](C)(O)C[C@@H](C)CN(C)[C@H](C)[C@@H](O)[C@]1(C)O. The number of allylic oxidation sites excluding steroid dienone is 4. The summed E-state index contributed by atoms with van der Waals surface area (Å²) in [6.45, 7) is 19.3. The van der Waals surface area contributed by atoms with Crippen molar-refractivity contribution in [3.8, 4) is 0 Å². The van der Waals surface area contributed by atoms with Crippen molar-refractivity contribution >= 4 is 23.1 Å². The van der Waals surface area contributed by atoms with E-state index in [0.717, 1.165) is 24.2 Å². The summed E-state index contributed by atoms with van der Waals surface area (Å²) in [5.41, 5.74) is -0.283. The molecular formula is C50H83N7O12S. The molecule has 3 aliphatic heterocycles. The van der Waals surface area contributed by atoms with Crippen molar-refractivity contribution in [2.75, 3.05) is 34.3 Å². The maximum Gasteiger partial charge on any atom is 0.311 e. The molecule has 396 valence electrons. The number of esters is 1. The van der Waals surface area contributed by atoms with Crippen molar-refractivity contribution in [1.82, 2.24) is 34.4 Å². The molecule has 18 atom stereocenters. The molecule has 0 unspecified atom stereocenters. The first-order chi connectivity index (χ1) is 32.9. The summed E-state index contributed by atoms with van der Waals surface area (Å²) >= 11 is 1.35. The number of ether oxygens (including phenoxy) is 6. The highest BCUT2D eigenvalue weighted by Crippen LogP contribution is 2.40. The topological polar surface area (TPSA) is 237 Å². The van der Waals surface area contributed by atoms with Crippen LogP contribution >= 0.6 is 11.5 Å². The van der Waals surface area contributed by atoms with Gasteiger partial charge >= 0.3 is 5.97 Å². The number of aliphatic hydroxyl groups is 5. The summed E-state index contributed by atoms with van der Waals surface area (Å²) in [5, 5.41) is 74.7. The summed E-state index contributed by atoms with van der Waals surface area (Å²) < 4.78 is 44.2. The smallest absolute Gasteiger partial charge is 0.311 e. The standard InChI is InChI=1S/C50H83N7O12S/c1-14-39-50(10,63)43(59)32(6)56(12)25-28(2)23-48(8,62)45(30(4)42(31(5)46(61)67-39)68-40-24-49(9,64-13)44(60)33(7)66-40)69-47-41(58)38(21-29(3)65-47)55(11)19-18-36-26-57(53-51-36)20-17-34-15-16-35(22-34)37-27-70-54-52-37/h15-16,26-33,38-45,47,58-60,62-63H,14,17-25H2,1-13H3/t28-,29-,30+,31-,32-,33+,38+,39-,40+,41-,42+,43-,44+,45-,47+,48-,49-,50-/m1/s1. The highest BCUT2D eigenvalue weighted by atomic mass is 32.1. The number of aromatic nitrogens is 5. The Hall–Kier alpha value is -2.83. The summed E-state index contributed by atoms with van der Waals surface area (Å²) in [6.07, 6.45) is -0.413. The van der Waals surface area contributed by atoms with E-state index in [1.807, 2.05) is 56.0 Å². The molecule has 6 rings (SSSR count). The van der Waals surface area contributed by atoms with Gasteiger partial charge in [0.25, 0.3) is 0 Å². The van der Waals surface area contributed by atoms with Crippen molar-refractivity contribution in [2.24, 2.45) is 17.8 Å². The highest BCUT2D eigenvalue weighted by molar-refractivity contribution is 7.03. The van der Waals surface area contributed by atoms with Crippen LogP contribution in [0, 0.1) is 17.8 Å². The van der Waals surface area contributed by atoms with Crippen LogP contribution in [-0.2, 0) is 46.2 Å². The van der Waals surface area contributed by atoms with Crippen LogP contribution in [0.2, 0.25) is 0 Å². The number of aliphatic hydroxyl groups excluding tert-OH is 3. The van der Waals surface area contributed by atoms with Crippen molar-refractivity contribution in [2.45, 2.75) is 211 Å². The predicted molar refractivity (Wildman–Crippen MR) is 262 cm³/mol. The fraction of sp³-hybridized carbons (Fsp3) is 0.820. The van der Waals surface area contributed by atoms with Gasteiger partial charge in [0.2, 0.25) is 0 Å². The van der Waals surface area contributed by atoms with Gasteiger partial charge < -0.3 is 63.8 Å². The van der Waals surface area contributed by atoms with E-state index in [2.05, 4.69) is 37.0 Å². The van der Waals surface area contributed by atoms with Crippen LogP contribution in [0.3, 0.4) is 0 Å². The number of aryl methyl sites for hydroxylation is 1. The Bertz CT molecular complexity index is 2060. The molecule has 1 aliphatic carbocycles. The van der Waals surface area contributed by atoms with Gasteiger partial charge in [0.15, 0.2) is 12.6 Å². The largest absolute Gasteiger partial charge is 0.459 e. The van der Waals surface area contributed by atoms with Crippen LogP contribution in [-0.4, -0.2) is 190 Å². The molecule has 0 saturated carbocycles. The van der Waals surface area contributed by atoms with E-state index in [4.69, 9.17) is 28.4 Å². The normalized spacial score (nSPS) is 40.9. The maximum absolute atomic E-state index is 14.5. The first-order valence-corrected chi connectivity index (χ1v) is 26.0. The van der Waals surface area contributed by atoms with Gasteiger partial charge in [-0.25, -0.2) is 0 Å². The lowest BCUT2D eigenvalue weighted by molar-refractivity contribution is -0.318. The predicted octanol–water partition coefficient (Wildman–Crippen LogP) is 3.76. The van der Waals surface area contributed by atoms with Crippen LogP contribution in [0.4, 0.5) is 0 Å². The van der Waals surface area contributed by atoms with Gasteiger partial charge in [-0.05, 0) is 118 Å². The van der Waals surface area contributed by atoms with Crippen LogP contribution in [0.1, 0.15) is 119 Å². The zero-order valence-electron chi connectivity index (χ0n) is 43.7. The van der Waals surface area contributed by atoms with Crippen LogP contribution in [0.5, 0.6) is 0 Å². The minimum atomic E-state index is -1.83. The minimum Gasteiger partial charge on any atom is -0.459 e. The molecule has 0 amide bonds.